The fraction of sp³-hybridized carbons (Fsp3) is 0.836. The Morgan fingerprint density at radius 3 is 2.23 bits per heavy atom. The third-order valence-corrected chi connectivity index (χ3v) is 23.4. The normalized spacial score (nSPS) is 57.0. The lowest BCUT2D eigenvalue weighted by molar-refractivity contribution is -0.338. The van der Waals surface area contributed by atoms with Gasteiger partial charge in [-0.05, 0) is 114 Å². The molecule has 4 aliphatic heterocycles. The fourth-order valence-electron chi connectivity index (χ4n) is 19.7. The molecule has 22 atom stereocenters. The number of Topliss-reactive ketones (excluding diaryl/α,β-unsaturated/α-hetero) is 1. The molecule has 1 aromatic rings. The van der Waals surface area contributed by atoms with Gasteiger partial charge in [0.25, 0.3) is 0 Å². The number of hydrogen-bond donors (Lipinski definition) is 6. The molecule has 13 rings (SSSR count). The van der Waals surface area contributed by atoms with Gasteiger partial charge < -0.3 is 54.3 Å². The molecule has 8 fully saturated rings. The van der Waals surface area contributed by atoms with Gasteiger partial charge in [0, 0.05) is 55.0 Å². The zero-order valence-corrected chi connectivity index (χ0v) is 42.1. The highest BCUT2D eigenvalue weighted by atomic mass is 16.7. The van der Waals surface area contributed by atoms with Crippen LogP contribution in [0.4, 0.5) is 0 Å². The van der Waals surface area contributed by atoms with Crippen LogP contribution in [-0.4, -0.2) is 125 Å². The molecule has 4 saturated heterocycles. The van der Waals surface area contributed by atoms with Crippen molar-refractivity contribution in [1.29, 1.82) is 0 Å². The van der Waals surface area contributed by atoms with E-state index in [0.29, 0.717) is 32.1 Å². The van der Waals surface area contributed by atoms with Crippen LogP contribution in [0.1, 0.15) is 142 Å². The molecule has 0 radical (unpaired) electrons. The van der Waals surface area contributed by atoms with E-state index in [1.54, 1.807) is 14.0 Å². The van der Waals surface area contributed by atoms with Gasteiger partial charge >= 0.3 is 0 Å². The zero-order valence-electron chi connectivity index (χ0n) is 42.1. The molecule has 1 aromatic heterocycles. The second-order valence-corrected chi connectivity index (χ2v) is 26.4. The Morgan fingerprint density at radius 1 is 0.812 bits per heavy atom. The molecule has 4 saturated carbocycles. The van der Waals surface area contributed by atoms with Crippen LogP contribution in [0.15, 0.2) is 23.3 Å². The van der Waals surface area contributed by atoms with Crippen molar-refractivity contribution in [2.45, 2.75) is 197 Å². The molecule has 12 aliphatic rings. The van der Waals surface area contributed by atoms with Crippen molar-refractivity contribution in [2.24, 2.45) is 69.0 Å². The summed E-state index contributed by atoms with van der Waals surface area (Å²) in [5, 5.41) is 71.9. The topological polar surface area (TPSA) is 210 Å². The lowest BCUT2D eigenvalue weighted by Gasteiger charge is -2.65. The molecular formula is C55H76N2O12. The number of carbonyl (C=O) groups excluding carboxylic acids is 1. The minimum Gasteiger partial charge on any atom is -0.393 e. The number of ether oxygens (including phenoxy) is 5. The van der Waals surface area contributed by atoms with Crippen molar-refractivity contribution >= 4 is 5.78 Å². The van der Waals surface area contributed by atoms with Gasteiger partial charge in [-0.1, -0.05) is 57.9 Å². The number of rotatable bonds is 2. The smallest absolute Gasteiger partial charge is 0.201 e. The van der Waals surface area contributed by atoms with Crippen molar-refractivity contribution in [3.05, 3.63) is 46.1 Å². The number of hydrogen-bond acceptors (Lipinski definition) is 14. The van der Waals surface area contributed by atoms with Crippen LogP contribution in [0, 0.1) is 69.0 Å². The van der Waals surface area contributed by atoms with E-state index < -0.39 is 86.7 Å². The molecule has 69 heavy (non-hydrogen) atoms. The predicted octanol–water partition coefficient (Wildman–Crippen LogP) is 4.76. The zero-order chi connectivity index (χ0) is 48.8. The first-order valence-corrected chi connectivity index (χ1v) is 26.6. The quantitative estimate of drug-likeness (QED) is 0.221. The standard InChI is InChI=1S/C55H76N2O12/c1-26-31-14-15-32-33-13-11-29-17-37-44(45(65-9)49(29,7)52(33,63)23-40(60)51(31,32)25-66-54(26)41(61)21-46(3,4)68-54)57-36-16-28-10-12-30-34(48(28,6)20-38(36)56-37)18-39(59)50(8)35(30)19-43-53(50,64)27(2)55(67-43)42(62)22-47(5,24-58)69-55/h15,19,26-31,33-34,39,41-43,45,58-59,61-64H,10-14,16-18,20-25H2,1-9H3/t26-,27-,28-,29-,30+,31+,33-,34-,39+,41+,42+,43-,45-,47-,48-,49+,50+,51+,52+,53+,54+,55-/m0/s1. The molecule has 378 valence electrons. The molecule has 0 unspecified atom stereocenters. The number of nitrogens with zero attached hydrogens (tertiary/aromatic N) is 2. The van der Waals surface area contributed by atoms with Crippen LogP contribution in [0.2, 0.25) is 0 Å². The van der Waals surface area contributed by atoms with E-state index in [2.05, 4.69) is 26.8 Å². The summed E-state index contributed by atoms with van der Waals surface area (Å²) in [6, 6.07) is 0. The first-order chi connectivity index (χ1) is 32.4. The average molecular weight is 957 g/mol. The number of methoxy groups -OCH3 is 1. The molecule has 0 amide bonds. The summed E-state index contributed by atoms with van der Waals surface area (Å²) in [5.41, 5.74) is -1.70. The van der Waals surface area contributed by atoms with Crippen molar-refractivity contribution in [1.82, 2.24) is 9.97 Å². The number of fused-ring (bicyclic) bond motifs is 13. The molecule has 6 N–H and O–H groups in total. The second-order valence-electron chi connectivity index (χ2n) is 26.4. The number of aromatic nitrogens is 2. The molecule has 14 heteroatoms. The van der Waals surface area contributed by atoms with Crippen LogP contribution in [-0.2, 0) is 47.7 Å². The maximum atomic E-state index is 15.1. The number of allylic oxidation sites excluding steroid dienone is 1. The number of aliphatic hydroxyl groups is 6. The molecule has 0 aromatic carbocycles. The average Bonchev–Trinajstić information content (AvgIpc) is 4.01. The van der Waals surface area contributed by atoms with Gasteiger partial charge in [-0.15, -0.1) is 0 Å². The second kappa shape index (κ2) is 13.9. The molecule has 14 nitrogen and oxygen atoms in total. The van der Waals surface area contributed by atoms with Crippen molar-refractivity contribution < 1.29 is 59.1 Å². The van der Waals surface area contributed by atoms with E-state index in [4.69, 9.17) is 33.7 Å². The highest BCUT2D eigenvalue weighted by Crippen LogP contribution is 2.73. The van der Waals surface area contributed by atoms with E-state index in [1.165, 1.54) is 0 Å². The van der Waals surface area contributed by atoms with E-state index in [1.807, 2.05) is 33.8 Å². The Labute approximate surface area is 406 Å². The Hall–Kier alpha value is -2.21. The first-order valence-electron chi connectivity index (χ1n) is 26.6. The van der Waals surface area contributed by atoms with Gasteiger partial charge in [0.15, 0.2) is 5.79 Å². The lowest BCUT2D eigenvalue weighted by Crippen LogP contribution is -2.71. The summed E-state index contributed by atoms with van der Waals surface area (Å²) in [7, 11) is 1.71. The number of aliphatic hydroxyl groups excluding tert-OH is 4. The highest BCUT2D eigenvalue weighted by Gasteiger charge is 2.80. The van der Waals surface area contributed by atoms with Crippen LogP contribution in [0.25, 0.3) is 0 Å². The van der Waals surface area contributed by atoms with Crippen molar-refractivity contribution in [3.63, 3.8) is 0 Å². The largest absolute Gasteiger partial charge is 0.393 e. The number of carbonyl (C=O) groups is 1. The van der Waals surface area contributed by atoms with E-state index >= 15 is 4.79 Å². The maximum absolute atomic E-state index is 15.1. The summed E-state index contributed by atoms with van der Waals surface area (Å²) in [6.45, 7) is 16.0. The SMILES string of the molecule is CO[C@H]1c2nc3c(nc2C[C@@H]2CC[C@H]4C5=CC[C@@H]6[C@H](C)[C@@]7(OC[C@]56C(=O)C[C@]4(O)[C@]21C)OC(C)(C)C[C@H]7O)C[C@@]1(C)[C@@H](CC[C@H]2C4=C[C@@H]5O[C@]6(O[C@](C)(CO)C[C@H]6O)[C@@H](C)[C@]5(O)[C@@]4(C)[C@H](O)C[C@@H]21)C3. The monoisotopic (exact) mass is 957 g/mol. The van der Waals surface area contributed by atoms with Crippen molar-refractivity contribution in [2.75, 3.05) is 20.3 Å². The third-order valence-electron chi connectivity index (χ3n) is 23.4. The molecule has 3 spiro atoms. The number of ketones is 1. The highest BCUT2D eigenvalue weighted by molar-refractivity contribution is 5.92. The third kappa shape index (κ3) is 5.16. The lowest BCUT2D eigenvalue weighted by atomic mass is 9.42. The summed E-state index contributed by atoms with van der Waals surface area (Å²) >= 11 is 0. The van der Waals surface area contributed by atoms with Crippen LogP contribution in [0.5, 0.6) is 0 Å². The van der Waals surface area contributed by atoms with E-state index in [0.717, 1.165) is 66.0 Å². The van der Waals surface area contributed by atoms with Gasteiger partial charge in [0.2, 0.25) is 5.79 Å². The van der Waals surface area contributed by atoms with E-state index in [-0.39, 0.29) is 78.7 Å². The summed E-state index contributed by atoms with van der Waals surface area (Å²) < 4.78 is 32.8. The molecule has 0 bridgehead atoms. The molecule has 8 aliphatic carbocycles. The summed E-state index contributed by atoms with van der Waals surface area (Å²) in [6.07, 6.45) is 7.49. The fourth-order valence-corrected chi connectivity index (χ4v) is 19.7. The Bertz CT molecular complexity index is 2500. The summed E-state index contributed by atoms with van der Waals surface area (Å²) in [4.78, 5) is 26.2. The minimum absolute atomic E-state index is 0.00267. The maximum Gasteiger partial charge on any atom is 0.201 e. The van der Waals surface area contributed by atoms with Gasteiger partial charge in [0.05, 0.1) is 64.3 Å². The van der Waals surface area contributed by atoms with Crippen molar-refractivity contribution in [3.8, 4) is 0 Å². The van der Waals surface area contributed by atoms with Crippen LogP contribution >= 0.6 is 0 Å². The summed E-state index contributed by atoms with van der Waals surface area (Å²) in [5.74, 6) is -3.44. The van der Waals surface area contributed by atoms with Gasteiger partial charge in [-0.3, -0.25) is 14.8 Å². The predicted molar refractivity (Wildman–Crippen MR) is 248 cm³/mol. The van der Waals surface area contributed by atoms with Gasteiger partial charge in [-0.2, -0.15) is 0 Å². The van der Waals surface area contributed by atoms with E-state index in [9.17, 15) is 30.6 Å². The van der Waals surface area contributed by atoms with Crippen LogP contribution in [0.3, 0.4) is 0 Å². The molecular weight excluding hydrogens is 881 g/mol. The Balaban J connectivity index is 0.794. The Morgan fingerprint density at radius 2 is 1.54 bits per heavy atom. The van der Waals surface area contributed by atoms with Gasteiger partial charge in [-0.25, -0.2) is 0 Å². The molecule has 5 heterocycles. The Kier molecular flexibility index (Phi) is 9.40. The first kappa shape index (κ1) is 46.6. The minimum atomic E-state index is -1.53. The van der Waals surface area contributed by atoms with Crippen LogP contribution < -0.4 is 0 Å². The van der Waals surface area contributed by atoms with Gasteiger partial charge in [0.1, 0.15) is 35.8 Å².